The Hall–Kier alpha value is -5.81. The molecule has 3 aromatic carbocycles. The second kappa shape index (κ2) is 18.2. The fraction of sp³-hybridized carbons (Fsp3) is 0.297. The lowest BCUT2D eigenvalue weighted by molar-refractivity contribution is -0.192. The molecule has 0 bridgehead atoms. The van der Waals surface area contributed by atoms with Crippen molar-refractivity contribution in [3.63, 3.8) is 0 Å². The van der Waals surface area contributed by atoms with Gasteiger partial charge in [0.1, 0.15) is 44.5 Å². The Labute approximate surface area is 339 Å². The summed E-state index contributed by atoms with van der Waals surface area (Å²) in [4.78, 5) is 24.9. The Bertz CT molecular complexity index is 2570. The first-order valence-electron chi connectivity index (χ1n) is 17.6. The van der Waals surface area contributed by atoms with E-state index in [0.29, 0.717) is 44.1 Å². The summed E-state index contributed by atoms with van der Waals surface area (Å²) in [5, 5.41) is 10.1. The Morgan fingerprint density at radius 3 is 2.12 bits per heavy atom. The predicted octanol–water partition coefficient (Wildman–Crippen LogP) is 6.82. The largest absolute Gasteiger partial charge is 0.490 e. The fourth-order valence-electron chi connectivity index (χ4n) is 5.66. The molecule has 60 heavy (non-hydrogen) atoms. The van der Waals surface area contributed by atoms with E-state index in [2.05, 4.69) is 20.3 Å². The van der Waals surface area contributed by atoms with Gasteiger partial charge in [0.25, 0.3) is 10.0 Å². The summed E-state index contributed by atoms with van der Waals surface area (Å²) in [7, 11) is -7.96. The van der Waals surface area contributed by atoms with Gasteiger partial charge in [-0.3, -0.25) is 9.62 Å². The summed E-state index contributed by atoms with van der Waals surface area (Å²) in [6.45, 7) is 6.34. The monoisotopic (exact) mass is 887 g/mol. The molecule has 1 aliphatic heterocycles. The second-order valence-corrected chi connectivity index (χ2v) is 17.4. The van der Waals surface area contributed by atoms with Crippen LogP contribution in [0.2, 0.25) is 0 Å². The highest BCUT2D eigenvalue weighted by Gasteiger charge is 2.38. The number of aromatic nitrogens is 3. The summed E-state index contributed by atoms with van der Waals surface area (Å²) in [6.07, 6.45) is -2.44. The van der Waals surface area contributed by atoms with Crippen LogP contribution in [0.3, 0.4) is 0 Å². The number of nitrogens with one attached hydrogen (secondary N) is 2. The van der Waals surface area contributed by atoms with Crippen LogP contribution in [0.4, 0.5) is 53.7 Å². The number of carbonyl (C=O) groups is 1. The minimum atomic E-state index is -5.08. The van der Waals surface area contributed by atoms with Gasteiger partial charge in [-0.15, -0.1) is 0 Å². The number of benzene rings is 3. The van der Waals surface area contributed by atoms with Gasteiger partial charge in [-0.05, 0) is 54.6 Å². The van der Waals surface area contributed by atoms with Gasteiger partial charge in [0.05, 0.1) is 17.1 Å². The Balaban J connectivity index is 0.000000896. The molecule has 322 valence electrons. The molecular formula is C37H36F7N7O7S2. The molecule has 0 unspecified atom stereocenters. The van der Waals surface area contributed by atoms with Crippen molar-refractivity contribution in [2.45, 2.75) is 30.8 Å². The number of anilines is 4. The van der Waals surface area contributed by atoms with E-state index in [1.54, 1.807) is 12.1 Å². The predicted molar refractivity (Wildman–Crippen MR) is 206 cm³/mol. The summed E-state index contributed by atoms with van der Waals surface area (Å²) < 4.78 is 148. The van der Waals surface area contributed by atoms with E-state index in [9.17, 15) is 43.2 Å². The van der Waals surface area contributed by atoms with Crippen LogP contribution in [0.1, 0.15) is 25.7 Å². The third-order valence-electron chi connectivity index (χ3n) is 8.64. The molecule has 0 aliphatic carbocycles. The quantitative estimate of drug-likeness (QED) is 0.111. The van der Waals surface area contributed by atoms with Gasteiger partial charge in [0.2, 0.25) is 5.95 Å². The van der Waals surface area contributed by atoms with Gasteiger partial charge in [-0.25, -0.2) is 54.1 Å². The molecule has 14 nitrogen and oxygen atoms in total. The Morgan fingerprint density at radius 2 is 1.53 bits per heavy atom. The van der Waals surface area contributed by atoms with E-state index in [0.717, 1.165) is 30.3 Å². The number of alkyl halides is 3. The zero-order valence-electron chi connectivity index (χ0n) is 31.8. The maximum absolute atomic E-state index is 15.4. The van der Waals surface area contributed by atoms with Crippen LogP contribution in [0.25, 0.3) is 22.7 Å². The third-order valence-corrected chi connectivity index (χ3v) is 11.0. The van der Waals surface area contributed by atoms with Gasteiger partial charge >= 0.3 is 12.1 Å². The van der Waals surface area contributed by atoms with Crippen molar-refractivity contribution < 1.29 is 61.9 Å². The third kappa shape index (κ3) is 11.5. The van der Waals surface area contributed by atoms with E-state index in [-0.39, 0.29) is 46.2 Å². The standard InChI is InChI=1S/C35H35F4N7O5S2.C2HF3O2/c1-21(2)34-43-31(22-7-9-24(36)29(19-22)44-53(49,50)33-25(37)5-4-6-26(33)38)32(51-34)28-11-12-40-35(42-28)41-23-8-10-30(27(39)20-23)46-15-13-45(14-16-46)17-18-52(3,47)48;3-2(4,5)1(6)7/h4-12,19-21,44H,13-18H2,1-3H3,(H,40,41,42);(H,6,7). The number of piperazine rings is 1. The first-order valence-corrected chi connectivity index (χ1v) is 21.2. The smallest absolute Gasteiger partial charge is 0.475 e. The van der Waals surface area contributed by atoms with Crippen molar-refractivity contribution in [1.29, 1.82) is 0 Å². The molecule has 3 heterocycles. The number of sulfonamides is 1. The number of sulfone groups is 1. The first kappa shape index (κ1) is 45.3. The summed E-state index contributed by atoms with van der Waals surface area (Å²) in [5.41, 5.74) is 0.781. The lowest BCUT2D eigenvalue weighted by Crippen LogP contribution is -2.47. The van der Waals surface area contributed by atoms with Crippen LogP contribution < -0.4 is 14.9 Å². The van der Waals surface area contributed by atoms with E-state index in [1.165, 1.54) is 30.7 Å². The maximum atomic E-state index is 15.4. The maximum Gasteiger partial charge on any atom is 0.490 e. The number of oxazole rings is 1. The van der Waals surface area contributed by atoms with Crippen LogP contribution in [-0.4, -0.2) is 98.7 Å². The highest BCUT2D eigenvalue weighted by Crippen LogP contribution is 2.36. The Kier molecular flexibility index (Phi) is 13.7. The number of carboxylic acid groups (broad SMARTS) is 1. The topological polar surface area (TPSA) is 188 Å². The second-order valence-electron chi connectivity index (χ2n) is 13.6. The number of halogens is 7. The van der Waals surface area contributed by atoms with Crippen LogP contribution in [0.5, 0.6) is 0 Å². The summed E-state index contributed by atoms with van der Waals surface area (Å²) >= 11 is 0. The van der Waals surface area contributed by atoms with Crippen molar-refractivity contribution in [1.82, 2.24) is 19.9 Å². The van der Waals surface area contributed by atoms with Crippen molar-refractivity contribution in [2.75, 3.05) is 59.7 Å². The molecule has 0 radical (unpaired) electrons. The number of nitrogens with zero attached hydrogens (tertiary/aromatic N) is 5. The summed E-state index contributed by atoms with van der Waals surface area (Å²) in [6, 6.07) is 12.1. The van der Waals surface area contributed by atoms with Crippen LogP contribution in [0, 0.1) is 23.3 Å². The van der Waals surface area contributed by atoms with Crippen molar-refractivity contribution in [2.24, 2.45) is 0 Å². The van der Waals surface area contributed by atoms with Crippen molar-refractivity contribution >= 4 is 48.8 Å². The minimum absolute atomic E-state index is 0.0699. The van der Waals surface area contributed by atoms with Gasteiger partial charge in [0.15, 0.2) is 16.5 Å². The van der Waals surface area contributed by atoms with Gasteiger partial charge in [-0.2, -0.15) is 13.2 Å². The molecule has 5 aromatic rings. The molecule has 6 rings (SSSR count). The first-order chi connectivity index (χ1) is 28.0. The lowest BCUT2D eigenvalue weighted by Gasteiger charge is -2.36. The van der Waals surface area contributed by atoms with Gasteiger partial charge in [0, 0.05) is 62.3 Å². The number of hydrogen-bond acceptors (Lipinski definition) is 12. The highest BCUT2D eigenvalue weighted by atomic mass is 32.2. The molecule has 0 atom stereocenters. The van der Waals surface area contributed by atoms with Gasteiger partial charge in [-0.1, -0.05) is 19.9 Å². The van der Waals surface area contributed by atoms with E-state index in [1.807, 2.05) is 28.4 Å². The minimum Gasteiger partial charge on any atom is -0.475 e. The Morgan fingerprint density at radius 1 is 0.883 bits per heavy atom. The number of hydrogen-bond donors (Lipinski definition) is 3. The van der Waals surface area contributed by atoms with Crippen molar-refractivity contribution in [3.8, 4) is 22.7 Å². The zero-order chi connectivity index (χ0) is 44.2. The molecule has 0 saturated carbocycles. The zero-order valence-corrected chi connectivity index (χ0v) is 33.4. The molecule has 2 aromatic heterocycles. The molecule has 3 N–H and O–H groups in total. The van der Waals surface area contributed by atoms with E-state index < -0.39 is 65.9 Å². The van der Waals surface area contributed by atoms with Crippen molar-refractivity contribution in [3.05, 3.63) is 96.0 Å². The summed E-state index contributed by atoms with van der Waals surface area (Å²) in [5.74, 6) is -6.57. The molecule has 0 amide bonds. The van der Waals surface area contributed by atoms with Gasteiger partial charge < -0.3 is 19.7 Å². The van der Waals surface area contributed by atoms with E-state index >= 15 is 4.39 Å². The molecule has 1 saturated heterocycles. The molecule has 1 aliphatic rings. The number of carboxylic acids is 1. The average molecular weight is 888 g/mol. The highest BCUT2D eigenvalue weighted by molar-refractivity contribution is 7.92. The van der Waals surface area contributed by atoms with E-state index in [4.69, 9.17) is 14.3 Å². The van der Waals surface area contributed by atoms with Crippen LogP contribution in [0.15, 0.2) is 76.2 Å². The molecule has 1 fully saturated rings. The normalized spacial score (nSPS) is 13.8. The SMILES string of the molecule is CC(C)c1nc(-c2ccc(F)c(NS(=O)(=O)c3c(F)cccc3F)c2)c(-c2ccnc(Nc3ccc(N4CCN(CCS(C)(=O)=O)CC4)c(F)c3)n2)o1.O=C(O)C(F)(F)F. The molecular weight excluding hydrogens is 852 g/mol. The fourth-order valence-corrected chi connectivity index (χ4v) is 7.45. The molecule has 23 heteroatoms. The number of rotatable bonds is 12. The molecule has 0 spiro atoms. The number of aliphatic carboxylic acids is 1. The van der Waals surface area contributed by atoms with Crippen LogP contribution in [-0.2, 0) is 24.7 Å². The van der Waals surface area contributed by atoms with Crippen LogP contribution >= 0.6 is 0 Å². The average Bonchev–Trinajstić information content (AvgIpc) is 3.61. The lowest BCUT2D eigenvalue weighted by atomic mass is 10.1.